The molecule has 0 spiro atoms. The van der Waals surface area contributed by atoms with Gasteiger partial charge in [0.25, 0.3) is 0 Å². The van der Waals surface area contributed by atoms with Crippen LogP contribution in [0.5, 0.6) is 0 Å². The number of amides is 1. The summed E-state index contributed by atoms with van der Waals surface area (Å²) in [6.45, 7) is 3.96. The van der Waals surface area contributed by atoms with Crippen LogP contribution in [0.2, 0.25) is 0 Å². The SMILES string of the molecule is CC(=O)N1CCN(c2ccc(C(N)=S)c(Br)c2F)CC1. The summed E-state index contributed by atoms with van der Waals surface area (Å²) < 4.78 is 14.7. The third kappa shape index (κ3) is 2.93. The fourth-order valence-corrected chi connectivity index (χ4v) is 3.09. The van der Waals surface area contributed by atoms with Gasteiger partial charge in [-0.15, -0.1) is 0 Å². The lowest BCUT2D eigenvalue weighted by molar-refractivity contribution is -0.129. The van der Waals surface area contributed by atoms with Gasteiger partial charge in [0.2, 0.25) is 5.91 Å². The van der Waals surface area contributed by atoms with Gasteiger partial charge in [0.05, 0.1) is 10.2 Å². The van der Waals surface area contributed by atoms with E-state index in [4.69, 9.17) is 18.0 Å². The molecule has 108 valence electrons. The van der Waals surface area contributed by atoms with Crippen LogP contribution >= 0.6 is 28.1 Å². The molecule has 20 heavy (non-hydrogen) atoms. The Morgan fingerprint density at radius 3 is 2.45 bits per heavy atom. The molecular weight excluding hydrogens is 345 g/mol. The van der Waals surface area contributed by atoms with E-state index in [0.717, 1.165) is 0 Å². The van der Waals surface area contributed by atoms with Gasteiger partial charge in [0.15, 0.2) is 5.82 Å². The molecule has 0 radical (unpaired) electrons. The third-order valence-electron chi connectivity index (χ3n) is 3.39. The van der Waals surface area contributed by atoms with Crippen LogP contribution in [0.3, 0.4) is 0 Å². The normalized spacial score (nSPS) is 15.3. The molecule has 1 heterocycles. The summed E-state index contributed by atoms with van der Waals surface area (Å²) >= 11 is 8.08. The zero-order valence-corrected chi connectivity index (χ0v) is 13.4. The van der Waals surface area contributed by atoms with Crippen molar-refractivity contribution in [3.8, 4) is 0 Å². The molecular formula is C13H15BrFN3OS. The molecule has 0 aromatic heterocycles. The molecule has 0 atom stereocenters. The number of rotatable bonds is 2. The van der Waals surface area contributed by atoms with Crippen molar-refractivity contribution in [1.82, 2.24) is 4.90 Å². The zero-order chi connectivity index (χ0) is 14.9. The lowest BCUT2D eigenvalue weighted by Gasteiger charge is -2.36. The van der Waals surface area contributed by atoms with Crippen molar-refractivity contribution in [3.63, 3.8) is 0 Å². The molecule has 7 heteroatoms. The number of halogens is 2. The van der Waals surface area contributed by atoms with Gasteiger partial charge in [-0.05, 0) is 28.1 Å². The fraction of sp³-hybridized carbons (Fsp3) is 0.385. The van der Waals surface area contributed by atoms with E-state index in [-0.39, 0.29) is 21.2 Å². The summed E-state index contributed by atoms with van der Waals surface area (Å²) in [6.07, 6.45) is 0. The van der Waals surface area contributed by atoms with Gasteiger partial charge >= 0.3 is 0 Å². The first-order valence-electron chi connectivity index (χ1n) is 6.20. The summed E-state index contributed by atoms with van der Waals surface area (Å²) in [5, 5.41) is 0. The topological polar surface area (TPSA) is 49.6 Å². The van der Waals surface area contributed by atoms with Crippen LogP contribution in [0.15, 0.2) is 16.6 Å². The van der Waals surface area contributed by atoms with E-state index in [2.05, 4.69) is 15.9 Å². The lowest BCUT2D eigenvalue weighted by atomic mass is 10.1. The van der Waals surface area contributed by atoms with Crippen LogP contribution in [0.25, 0.3) is 0 Å². The Labute approximate surface area is 130 Å². The van der Waals surface area contributed by atoms with Gasteiger partial charge in [-0.2, -0.15) is 0 Å². The van der Waals surface area contributed by atoms with Gasteiger partial charge < -0.3 is 15.5 Å². The van der Waals surface area contributed by atoms with Gasteiger partial charge in [0.1, 0.15) is 4.99 Å². The number of nitrogens with zero attached hydrogens (tertiary/aromatic N) is 2. The van der Waals surface area contributed by atoms with Crippen LogP contribution in [-0.2, 0) is 4.79 Å². The van der Waals surface area contributed by atoms with E-state index in [9.17, 15) is 9.18 Å². The molecule has 0 aliphatic carbocycles. The van der Waals surface area contributed by atoms with Crippen molar-refractivity contribution >= 4 is 44.7 Å². The highest BCUT2D eigenvalue weighted by atomic mass is 79.9. The Morgan fingerprint density at radius 2 is 1.95 bits per heavy atom. The highest BCUT2D eigenvalue weighted by molar-refractivity contribution is 9.10. The Hall–Kier alpha value is -1.21. The van der Waals surface area contributed by atoms with Crippen molar-refractivity contribution in [2.75, 3.05) is 31.1 Å². The molecule has 1 fully saturated rings. The molecule has 0 unspecified atom stereocenters. The highest BCUT2D eigenvalue weighted by Gasteiger charge is 2.22. The summed E-state index contributed by atoms with van der Waals surface area (Å²) in [6, 6.07) is 3.39. The number of hydrogen-bond acceptors (Lipinski definition) is 3. The number of hydrogen-bond donors (Lipinski definition) is 1. The van der Waals surface area contributed by atoms with E-state index in [1.165, 1.54) is 0 Å². The van der Waals surface area contributed by atoms with Crippen LogP contribution in [0, 0.1) is 5.82 Å². The molecule has 1 aromatic carbocycles. The van der Waals surface area contributed by atoms with Crippen LogP contribution in [0.4, 0.5) is 10.1 Å². The highest BCUT2D eigenvalue weighted by Crippen LogP contribution is 2.30. The second-order valence-electron chi connectivity index (χ2n) is 4.62. The van der Waals surface area contributed by atoms with Crippen molar-refractivity contribution < 1.29 is 9.18 Å². The second-order valence-corrected chi connectivity index (χ2v) is 5.85. The van der Waals surface area contributed by atoms with Crippen LogP contribution < -0.4 is 10.6 Å². The quantitative estimate of drug-likeness (QED) is 0.819. The Kier molecular flexibility index (Phi) is 4.59. The standard InChI is InChI=1S/C13H15BrFN3OS/c1-8(19)17-4-6-18(7-5-17)10-3-2-9(13(16)20)11(14)12(10)15/h2-3H,4-7H2,1H3,(H2,16,20). The number of anilines is 1. The Balaban J connectivity index is 2.21. The number of carbonyl (C=O) groups excluding carboxylic acids is 1. The summed E-state index contributed by atoms with van der Waals surface area (Å²) in [5.74, 6) is -0.318. The number of benzene rings is 1. The predicted molar refractivity (Wildman–Crippen MR) is 84.5 cm³/mol. The second kappa shape index (κ2) is 6.05. The number of nitrogens with two attached hydrogens (primary N) is 1. The Bertz CT molecular complexity index is 559. The monoisotopic (exact) mass is 359 g/mol. The smallest absolute Gasteiger partial charge is 0.219 e. The van der Waals surface area contributed by atoms with E-state index >= 15 is 0 Å². The number of piperazine rings is 1. The third-order valence-corrected chi connectivity index (χ3v) is 4.39. The first-order chi connectivity index (χ1) is 9.41. The minimum Gasteiger partial charge on any atom is -0.389 e. The average Bonchev–Trinajstić information content (AvgIpc) is 2.41. The zero-order valence-electron chi connectivity index (χ0n) is 11.0. The van der Waals surface area contributed by atoms with Crippen molar-refractivity contribution in [2.24, 2.45) is 5.73 Å². The lowest BCUT2D eigenvalue weighted by Crippen LogP contribution is -2.48. The molecule has 1 aliphatic heterocycles. The van der Waals surface area contributed by atoms with Crippen LogP contribution in [-0.4, -0.2) is 42.0 Å². The summed E-state index contributed by atoms with van der Waals surface area (Å²) in [4.78, 5) is 15.1. The molecule has 2 rings (SSSR count). The average molecular weight is 360 g/mol. The van der Waals surface area contributed by atoms with Gasteiger partial charge in [-0.3, -0.25) is 4.79 Å². The molecule has 0 bridgehead atoms. The minimum absolute atomic E-state index is 0.0510. The molecule has 4 nitrogen and oxygen atoms in total. The van der Waals surface area contributed by atoms with Crippen molar-refractivity contribution in [2.45, 2.75) is 6.92 Å². The van der Waals surface area contributed by atoms with Gasteiger partial charge in [0, 0.05) is 38.7 Å². The van der Waals surface area contributed by atoms with Crippen molar-refractivity contribution in [1.29, 1.82) is 0 Å². The molecule has 1 aromatic rings. The minimum atomic E-state index is -0.369. The largest absolute Gasteiger partial charge is 0.389 e. The maximum Gasteiger partial charge on any atom is 0.219 e. The fourth-order valence-electron chi connectivity index (χ4n) is 2.24. The van der Waals surface area contributed by atoms with E-state index in [1.807, 2.05) is 4.90 Å². The number of thiocarbonyl (C=S) groups is 1. The summed E-state index contributed by atoms with van der Waals surface area (Å²) in [5.41, 5.74) is 6.53. The molecule has 0 saturated carbocycles. The molecule has 1 aliphatic rings. The van der Waals surface area contributed by atoms with E-state index in [1.54, 1.807) is 24.0 Å². The number of carbonyl (C=O) groups is 1. The maximum atomic E-state index is 14.4. The van der Waals surface area contributed by atoms with Gasteiger partial charge in [-0.1, -0.05) is 12.2 Å². The molecule has 1 saturated heterocycles. The first kappa shape index (κ1) is 15.2. The summed E-state index contributed by atoms with van der Waals surface area (Å²) in [7, 11) is 0. The van der Waals surface area contributed by atoms with Gasteiger partial charge in [-0.25, -0.2) is 4.39 Å². The maximum absolute atomic E-state index is 14.4. The molecule has 1 amide bonds. The molecule has 2 N–H and O–H groups in total. The van der Waals surface area contributed by atoms with E-state index < -0.39 is 0 Å². The predicted octanol–water partition coefficient (Wildman–Crippen LogP) is 1.89. The Morgan fingerprint density at radius 1 is 1.35 bits per heavy atom. The van der Waals surface area contributed by atoms with Crippen molar-refractivity contribution in [3.05, 3.63) is 28.0 Å². The van der Waals surface area contributed by atoms with Crippen LogP contribution in [0.1, 0.15) is 12.5 Å². The van der Waals surface area contributed by atoms with E-state index in [0.29, 0.717) is 37.4 Å². The first-order valence-corrected chi connectivity index (χ1v) is 7.40.